The van der Waals surface area contributed by atoms with Gasteiger partial charge in [-0.2, -0.15) is 0 Å². The average Bonchev–Trinajstić information content (AvgIpc) is 3.13. The molecule has 0 amide bonds. The third-order valence-corrected chi connectivity index (χ3v) is 7.25. The van der Waals surface area contributed by atoms with Crippen LogP contribution < -0.4 is 10.5 Å². The molecule has 1 fully saturated rings. The van der Waals surface area contributed by atoms with Gasteiger partial charge in [-0.15, -0.1) is 0 Å². The van der Waals surface area contributed by atoms with Gasteiger partial charge in [0.15, 0.2) is 5.78 Å². The number of hydrogen-bond donors (Lipinski definition) is 0. The summed E-state index contributed by atoms with van der Waals surface area (Å²) in [5, 5.41) is 0.813. The maximum Gasteiger partial charge on any atom is 0.347 e. The van der Waals surface area contributed by atoms with Crippen LogP contribution in [0.15, 0.2) is 44.6 Å². The molecule has 4 rings (SSSR count). The zero-order valence-electron chi connectivity index (χ0n) is 20.0. The molecule has 2 bridgehead atoms. The number of hydrogen-bond acceptors (Lipinski definition) is 4. The van der Waals surface area contributed by atoms with Crippen LogP contribution in [0, 0.1) is 11.3 Å². The predicted octanol–water partition coefficient (Wildman–Crippen LogP) is 6.76. The molecule has 4 heteroatoms. The lowest BCUT2D eigenvalue weighted by molar-refractivity contribution is 0.0770. The van der Waals surface area contributed by atoms with Gasteiger partial charge in [0.25, 0.3) is 0 Å². The molecule has 0 N–H and O–H groups in total. The number of rotatable bonds is 6. The van der Waals surface area contributed by atoms with Crippen molar-refractivity contribution in [1.82, 2.24) is 0 Å². The molecule has 0 spiro atoms. The Hall–Kier alpha value is -2.36. The average molecular weight is 424 g/mol. The Morgan fingerprint density at radius 3 is 2.52 bits per heavy atom. The van der Waals surface area contributed by atoms with E-state index in [1.165, 1.54) is 11.1 Å². The van der Waals surface area contributed by atoms with E-state index in [4.69, 9.17) is 4.42 Å². The van der Waals surface area contributed by atoms with Crippen LogP contribution in [0.2, 0.25) is 0 Å². The predicted molar refractivity (Wildman–Crippen MR) is 129 cm³/mol. The summed E-state index contributed by atoms with van der Waals surface area (Å²) in [5.41, 5.74) is 3.80. The van der Waals surface area contributed by atoms with Crippen molar-refractivity contribution in [2.24, 2.45) is 11.3 Å². The zero-order chi connectivity index (χ0) is 22.8. The van der Waals surface area contributed by atoms with Gasteiger partial charge in [0.1, 0.15) is 11.1 Å². The van der Waals surface area contributed by atoms with E-state index in [-0.39, 0.29) is 11.3 Å². The SMILES string of the molecule is CC.CCC1CC2(C(=O)c3cc4ccc(N(CC)CC)cc4oc3=O)CCC(C)=C1C2. The first-order valence-electron chi connectivity index (χ1n) is 12.0. The van der Waals surface area contributed by atoms with Gasteiger partial charge in [0, 0.05) is 35.6 Å². The second kappa shape index (κ2) is 9.42. The summed E-state index contributed by atoms with van der Waals surface area (Å²) < 4.78 is 5.65. The minimum atomic E-state index is -0.499. The van der Waals surface area contributed by atoms with Gasteiger partial charge in [-0.05, 0) is 77.0 Å². The third kappa shape index (κ3) is 4.09. The summed E-state index contributed by atoms with van der Waals surface area (Å²) in [6.45, 7) is 14.4. The largest absolute Gasteiger partial charge is 0.422 e. The van der Waals surface area contributed by atoms with Crippen LogP contribution in [-0.2, 0) is 0 Å². The summed E-state index contributed by atoms with van der Waals surface area (Å²) in [4.78, 5) is 28.6. The highest BCUT2D eigenvalue weighted by Gasteiger charge is 2.50. The number of nitrogens with zero attached hydrogens (tertiary/aromatic N) is 1. The Balaban J connectivity index is 0.00000132. The number of Topliss-reactive ketones (excluding diaryl/α,β-unsaturated/α-hetero) is 1. The second-order valence-corrected chi connectivity index (χ2v) is 8.74. The Kier molecular flexibility index (Phi) is 7.08. The molecule has 0 saturated heterocycles. The van der Waals surface area contributed by atoms with Crippen molar-refractivity contribution in [3.05, 3.63) is 51.4 Å². The summed E-state index contributed by atoms with van der Waals surface area (Å²) in [5.74, 6) is 0.465. The van der Waals surface area contributed by atoms with Crippen LogP contribution in [0.3, 0.4) is 0 Å². The molecule has 2 aromatic rings. The zero-order valence-corrected chi connectivity index (χ0v) is 20.0. The fraction of sp³-hybridized carbons (Fsp3) is 0.556. The van der Waals surface area contributed by atoms with E-state index < -0.39 is 11.0 Å². The molecule has 1 aromatic carbocycles. The third-order valence-electron chi connectivity index (χ3n) is 7.25. The maximum atomic E-state index is 13.6. The molecule has 2 atom stereocenters. The normalized spacial score (nSPS) is 22.3. The number of ketones is 1. The molecule has 2 aliphatic rings. The fourth-order valence-corrected chi connectivity index (χ4v) is 5.46. The summed E-state index contributed by atoms with van der Waals surface area (Å²) >= 11 is 0. The Labute approximate surface area is 186 Å². The highest BCUT2D eigenvalue weighted by Crippen LogP contribution is 2.56. The van der Waals surface area contributed by atoms with Crippen LogP contribution >= 0.6 is 0 Å². The van der Waals surface area contributed by atoms with Crippen molar-refractivity contribution in [3.63, 3.8) is 0 Å². The number of carbonyl (C=O) groups is 1. The topological polar surface area (TPSA) is 50.5 Å². The maximum absolute atomic E-state index is 13.6. The first-order valence-corrected chi connectivity index (χ1v) is 12.0. The number of benzene rings is 1. The van der Waals surface area contributed by atoms with Crippen molar-refractivity contribution < 1.29 is 9.21 Å². The molecule has 1 heterocycles. The van der Waals surface area contributed by atoms with E-state index in [1.807, 2.05) is 32.0 Å². The van der Waals surface area contributed by atoms with E-state index in [1.54, 1.807) is 6.07 Å². The lowest BCUT2D eigenvalue weighted by atomic mass is 9.72. The lowest BCUT2D eigenvalue weighted by Gasteiger charge is -2.30. The Morgan fingerprint density at radius 1 is 1.16 bits per heavy atom. The van der Waals surface area contributed by atoms with Gasteiger partial charge in [0.05, 0.1) is 0 Å². The molecular formula is C27H37NO3. The molecule has 31 heavy (non-hydrogen) atoms. The Bertz CT molecular complexity index is 1040. The van der Waals surface area contributed by atoms with Crippen molar-refractivity contribution in [1.29, 1.82) is 0 Å². The summed E-state index contributed by atoms with van der Waals surface area (Å²) in [6, 6.07) is 7.66. The Morgan fingerprint density at radius 2 is 1.87 bits per heavy atom. The van der Waals surface area contributed by atoms with Gasteiger partial charge in [-0.3, -0.25) is 4.79 Å². The van der Waals surface area contributed by atoms with Crippen LogP contribution in [-0.4, -0.2) is 18.9 Å². The minimum Gasteiger partial charge on any atom is -0.422 e. The quantitative estimate of drug-likeness (QED) is 0.292. The van der Waals surface area contributed by atoms with E-state index in [0.29, 0.717) is 11.5 Å². The highest BCUT2D eigenvalue weighted by atomic mass is 16.4. The molecule has 168 valence electrons. The number of anilines is 1. The van der Waals surface area contributed by atoms with Crippen molar-refractivity contribution in [3.8, 4) is 0 Å². The first kappa shape index (κ1) is 23.3. The highest BCUT2D eigenvalue weighted by molar-refractivity contribution is 6.03. The number of carbonyl (C=O) groups excluding carboxylic acids is 1. The molecule has 2 unspecified atom stereocenters. The van der Waals surface area contributed by atoms with Gasteiger partial charge < -0.3 is 9.32 Å². The summed E-state index contributed by atoms with van der Waals surface area (Å²) in [7, 11) is 0. The van der Waals surface area contributed by atoms with Gasteiger partial charge in [-0.25, -0.2) is 4.79 Å². The van der Waals surface area contributed by atoms with Gasteiger partial charge >= 0.3 is 5.63 Å². The van der Waals surface area contributed by atoms with E-state index >= 15 is 0 Å². The van der Waals surface area contributed by atoms with Gasteiger partial charge in [-0.1, -0.05) is 31.9 Å². The molecule has 4 nitrogen and oxygen atoms in total. The lowest BCUT2D eigenvalue weighted by Crippen LogP contribution is -2.33. The van der Waals surface area contributed by atoms with Crippen LogP contribution in [0.25, 0.3) is 11.0 Å². The number of fused-ring (bicyclic) bond motifs is 3. The second-order valence-electron chi connectivity index (χ2n) is 8.74. The standard InChI is InChI=1S/C25H31NO3.C2H6/c1-5-17-14-25(11-10-16(4)21(17)15-25)23(27)20-12-18-8-9-19(26(6-2)7-3)13-22(18)29-24(20)28;1-2/h8-9,12-13,17H,5-7,10-11,14-15H2,1-4H3;1-2H3. The molecule has 1 aromatic heterocycles. The molecular weight excluding hydrogens is 386 g/mol. The molecule has 0 aliphatic heterocycles. The smallest absolute Gasteiger partial charge is 0.347 e. The fourth-order valence-electron chi connectivity index (χ4n) is 5.46. The van der Waals surface area contributed by atoms with E-state index in [0.717, 1.165) is 56.3 Å². The van der Waals surface area contributed by atoms with Gasteiger partial charge in [0.2, 0.25) is 0 Å². The minimum absolute atomic E-state index is 0.0121. The monoisotopic (exact) mass is 423 g/mol. The first-order chi connectivity index (χ1) is 14.9. The van der Waals surface area contributed by atoms with E-state index in [2.05, 4.69) is 32.6 Å². The van der Waals surface area contributed by atoms with Crippen molar-refractivity contribution in [2.75, 3.05) is 18.0 Å². The van der Waals surface area contributed by atoms with Crippen molar-refractivity contribution >= 4 is 22.4 Å². The van der Waals surface area contributed by atoms with Crippen LogP contribution in [0.1, 0.15) is 84.0 Å². The molecule has 0 radical (unpaired) electrons. The van der Waals surface area contributed by atoms with Crippen LogP contribution in [0.5, 0.6) is 0 Å². The molecule has 2 aliphatic carbocycles. The van der Waals surface area contributed by atoms with Crippen molar-refractivity contribution in [2.45, 2.75) is 73.6 Å². The van der Waals surface area contributed by atoms with E-state index in [9.17, 15) is 9.59 Å². The summed E-state index contributed by atoms with van der Waals surface area (Å²) in [6.07, 6.45) is 4.55. The molecule has 1 saturated carbocycles. The van der Waals surface area contributed by atoms with Crippen LogP contribution in [0.4, 0.5) is 5.69 Å². The number of allylic oxidation sites excluding steroid dienone is 2.